The van der Waals surface area contributed by atoms with Crippen molar-refractivity contribution in [1.82, 2.24) is 20.1 Å². The minimum Gasteiger partial charge on any atom is -0.373 e. The smallest absolute Gasteiger partial charge is 0.253 e. The molecule has 1 saturated heterocycles. The quantitative estimate of drug-likeness (QED) is 0.926. The van der Waals surface area contributed by atoms with E-state index in [1.54, 1.807) is 23.3 Å². The standard InChI is InChI=1S/C15H18N4O2/c1-15(7-4-8-21-15)9-16-14(20)12-5-2-3-6-13(12)19-10-17-18-11-19/h2-3,5-6,10-11H,4,7-9H2,1H3,(H,16,20). The Labute approximate surface area is 123 Å². The predicted octanol–water partition coefficient (Wildman–Crippen LogP) is 1.57. The Morgan fingerprint density at radius 2 is 2.14 bits per heavy atom. The van der Waals surface area contributed by atoms with Gasteiger partial charge in [0.25, 0.3) is 5.91 Å². The Kier molecular flexibility index (Phi) is 3.70. The molecule has 1 aliphatic rings. The summed E-state index contributed by atoms with van der Waals surface area (Å²) in [4.78, 5) is 12.4. The molecule has 21 heavy (non-hydrogen) atoms. The van der Waals surface area contributed by atoms with Crippen molar-refractivity contribution in [2.24, 2.45) is 0 Å². The van der Waals surface area contributed by atoms with Gasteiger partial charge in [-0.1, -0.05) is 12.1 Å². The molecule has 1 atom stereocenters. The zero-order valence-electron chi connectivity index (χ0n) is 12.0. The third kappa shape index (κ3) is 2.95. The molecule has 6 nitrogen and oxygen atoms in total. The van der Waals surface area contributed by atoms with Gasteiger partial charge in [0.15, 0.2) is 0 Å². The van der Waals surface area contributed by atoms with Crippen LogP contribution in [0, 0.1) is 0 Å². The van der Waals surface area contributed by atoms with Crippen LogP contribution in [0.2, 0.25) is 0 Å². The van der Waals surface area contributed by atoms with E-state index in [1.807, 2.05) is 25.1 Å². The van der Waals surface area contributed by atoms with Gasteiger partial charge in [0.1, 0.15) is 12.7 Å². The molecular weight excluding hydrogens is 268 g/mol. The SMILES string of the molecule is CC1(CNC(=O)c2ccccc2-n2cnnc2)CCCO1. The minimum atomic E-state index is -0.249. The maximum atomic E-state index is 12.4. The summed E-state index contributed by atoms with van der Waals surface area (Å²) in [6, 6.07) is 7.39. The molecule has 1 amide bonds. The molecule has 1 aliphatic heterocycles. The van der Waals surface area contributed by atoms with Crippen molar-refractivity contribution in [2.45, 2.75) is 25.4 Å². The molecule has 3 rings (SSSR count). The molecule has 0 radical (unpaired) electrons. The highest BCUT2D eigenvalue weighted by atomic mass is 16.5. The Hall–Kier alpha value is -2.21. The number of para-hydroxylation sites is 1. The molecule has 110 valence electrons. The van der Waals surface area contributed by atoms with E-state index >= 15 is 0 Å². The first-order valence-electron chi connectivity index (χ1n) is 7.04. The summed E-state index contributed by atoms with van der Waals surface area (Å²) >= 11 is 0. The monoisotopic (exact) mass is 286 g/mol. The van der Waals surface area contributed by atoms with Crippen LogP contribution in [0.15, 0.2) is 36.9 Å². The van der Waals surface area contributed by atoms with E-state index in [-0.39, 0.29) is 11.5 Å². The van der Waals surface area contributed by atoms with E-state index in [9.17, 15) is 4.79 Å². The average molecular weight is 286 g/mol. The lowest BCUT2D eigenvalue weighted by atomic mass is 10.0. The van der Waals surface area contributed by atoms with Gasteiger partial charge in [-0.05, 0) is 31.9 Å². The summed E-state index contributed by atoms with van der Waals surface area (Å²) in [7, 11) is 0. The highest BCUT2D eigenvalue weighted by molar-refractivity contribution is 5.97. The van der Waals surface area contributed by atoms with E-state index < -0.39 is 0 Å². The Balaban J connectivity index is 1.76. The van der Waals surface area contributed by atoms with Crippen LogP contribution in [0.5, 0.6) is 0 Å². The number of carbonyl (C=O) groups is 1. The van der Waals surface area contributed by atoms with Crippen LogP contribution in [0.4, 0.5) is 0 Å². The van der Waals surface area contributed by atoms with E-state index in [4.69, 9.17) is 4.74 Å². The first kappa shape index (κ1) is 13.8. The number of amides is 1. The Morgan fingerprint density at radius 1 is 1.38 bits per heavy atom. The molecule has 1 N–H and O–H groups in total. The van der Waals surface area contributed by atoms with Gasteiger partial charge in [-0.15, -0.1) is 10.2 Å². The van der Waals surface area contributed by atoms with Gasteiger partial charge in [-0.3, -0.25) is 9.36 Å². The van der Waals surface area contributed by atoms with Gasteiger partial charge in [0, 0.05) is 13.2 Å². The van der Waals surface area contributed by atoms with Gasteiger partial charge in [0.05, 0.1) is 16.9 Å². The van der Waals surface area contributed by atoms with Crippen LogP contribution in [-0.4, -0.2) is 39.4 Å². The molecule has 1 unspecified atom stereocenters. The van der Waals surface area contributed by atoms with Crippen molar-refractivity contribution in [3.8, 4) is 5.69 Å². The van der Waals surface area contributed by atoms with Crippen LogP contribution in [0.1, 0.15) is 30.1 Å². The highest BCUT2D eigenvalue weighted by Gasteiger charge is 2.30. The largest absolute Gasteiger partial charge is 0.373 e. The zero-order valence-corrected chi connectivity index (χ0v) is 12.0. The second-order valence-corrected chi connectivity index (χ2v) is 5.47. The van der Waals surface area contributed by atoms with Crippen LogP contribution >= 0.6 is 0 Å². The molecule has 0 bridgehead atoms. The third-order valence-electron chi connectivity index (χ3n) is 3.77. The summed E-state index contributed by atoms with van der Waals surface area (Å²) in [6.07, 6.45) is 5.17. The Morgan fingerprint density at radius 3 is 2.86 bits per heavy atom. The number of ether oxygens (including phenoxy) is 1. The minimum absolute atomic E-state index is 0.115. The fraction of sp³-hybridized carbons (Fsp3) is 0.400. The molecule has 0 spiro atoms. The lowest BCUT2D eigenvalue weighted by Crippen LogP contribution is -2.40. The number of hydrogen-bond donors (Lipinski definition) is 1. The van der Waals surface area contributed by atoms with Gasteiger partial charge >= 0.3 is 0 Å². The first-order chi connectivity index (χ1) is 10.2. The number of nitrogens with one attached hydrogen (secondary N) is 1. The van der Waals surface area contributed by atoms with Crippen LogP contribution in [-0.2, 0) is 4.74 Å². The van der Waals surface area contributed by atoms with Crippen molar-refractivity contribution in [3.63, 3.8) is 0 Å². The number of carbonyl (C=O) groups excluding carboxylic acids is 1. The number of benzene rings is 1. The van der Waals surface area contributed by atoms with E-state index in [0.717, 1.165) is 25.1 Å². The number of rotatable bonds is 4. The van der Waals surface area contributed by atoms with Crippen molar-refractivity contribution < 1.29 is 9.53 Å². The molecule has 1 fully saturated rings. The van der Waals surface area contributed by atoms with Crippen LogP contribution < -0.4 is 5.32 Å². The van der Waals surface area contributed by atoms with Crippen LogP contribution in [0.3, 0.4) is 0 Å². The number of aromatic nitrogens is 3. The summed E-state index contributed by atoms with van der Waals surface area (Å²) in [5, 5.41) is 10.5. The molecular formula is C15H18N4O2. The molecule has 0 saturated carbocycles. The summed E-state index contributed by atoms with van der Waals surface area (Å²) < 4.78 is 7.41. The number of nitrogens with zero attached hydrogens (tertiary/aromatic N) is 3. The molecule has 6 heteroatoms. The highest BCUT2D eigenvalue weighted by Crippen LogP contribution is 2.24. The fourth-order valence-corrected chi connectivity index (χ4v) is 2.55. The molecule has 1 aromatic carbocycles. The summed E-state index contributed by atoms with van der Waals surface area (Å²) in [6.45, 7) is 3.32. The van der Waals surface area contributed by atoms with Gasteiger partial charge < -0.3 is 10.1 Å². The molecule has 2 heterocycles. The van der Waals surface area contributed by atoms with E-state index in [0.29, 0.717) is 12.1 Å². The Bertz CT molecular complexity index is 618. The second kappa shape index (κ2) is 5.65. The van der Waals surface area contributed by atoms with Crippen molar-refractivity contribution in [1.29, 1.82) is 0 Å². The zero-order chi connectivity index (χ0) is 14.7. The molecule has 0 aliphatic carbocycles. The van der Waals surface area contributed by atoms with Crippen LogP contribution in [0.25, 0.3) is 5.69 Å². The summed E-state index contributed by atoms with van der Waals surface area (Å²) in [5.74, 6) is -0.115. The van der Waals surface area contributed by atoms with E-state index in [2.05, 4.69) is 15.5 Å². The fourth-order valence-electron chi connectivity index (χ4n) is 2.55. The third-order valence-corrected chi connectivity index (χ3v) is 3.77. The lowest BCUT2D eigenvalue weighted by molar-refractivity contribution is 0.0206. The van der Waals surface area contributed by atoms with Crippen molar-refractivity contribution in [3.05, 3.63) is 42.5 Å². The predicted molar refractivity (Wildman–Crippen MR) is 77.3 cm³/mol. The maximum Gasteiger partial charge on any atom is 0.253 e. The topological polar surface area (TPSA) is 69.0 Å². The molecule has 1 aromatic heterocycles. The van der Waals surface area contributed by atoms with E-state index in [1.165, 1.54) is 0 Å². The lowest BCUT2D eigenvalue weighted by Gasteiger charge is -2.23. The first-order valence-corrected chi connectivity index (χ1v) is 7.04. The maximum absolute atomic E-state index is 12.4. The van der Waals surface area contributed by atoms with Gasteiger partial charge in [-0.25, -0.2) is 0 Å². The average Bonchev–Trinajstić information content (AvgIpc) is 3.17. The van der Waals surface area contributed by atoms with Gasteiger partial charge in [0.2, 0.25) is 0 Å². The normalized spacial score (nSPS) is 21.4. The van der Waals surface area contributed by atoms with Crippen molar-refractivity contribution >= 4 is 5.91 Å². The number of hydrogen-bond acceptors (Lipinski definition) is 4. The second-order valence-electron chi connectivity index (χ2n) is 5.47. The van der Waals surface area contributed by atoms with Gasteiger partial charge in [-0.2, -0.15) is 0 Å². The molecule has 2 aromatic rings. The summed E-state index contributed by atoms with van der Waals surface area (Å²) in [5.41, 5.74) is 1.11. The van der Waals surface area contributed by atoms with Crippen molar-refractivity contribution in [2.75, 3.05) is 13.2 Å².